The van der Waals surface area contributed by atoms with Crippen LogP contribution in [0.1, 0.15) is 29.9 Å². The maximum Gasteiger partial charge on any atom is 0.359 e. The van der Waals surface area contributed by atoms with Gasteiger partial charge in [0.15, 0.2) is 5.69 Å². The van der Waals surface area contributed by atoms with E-state index in [9.17, 15) is 18.8 Å². The van der Waals surface area contributed by atoms with E-state index in [0.717, 1.165) is 21.6 Å². The zero-order valence-electron chi connectivity index (χ0n) is 19.0. The maximum atomic E-state index is 14.5. The van der Waals surface area contributed by atoms with Gasteiger partial charge in [-0.2, -0.15) is 9.78 Å². The van der Waals surface area contributed by atoms with Crippen LogP contribution in [0.25, 0.3) is 16.5 Å². The number of hydrogen-bond donors (Lipinski definition) is 1. The fraction of sp³-hybridized carbons (Fsp3) is 0.200. The second-order valence-electron chi connectivity index (χ2n) is 7.39. The number of carbonyl (C=O) groups excluding carboxylic acids is 2. The Balaban J connectivity index is 1.73. The summed E-state index contributed by atoms with van der Waals surface area (Å²) in [6.07, 6.45) is 0.0587. The molecule has 0 unspecified atom stereocenters. The minimum atomic E-state index is -0.757. The highest BCUT2D eigenvalue weighted by Gasteiger charge is 2.24. The molecule has 0 bridgehead atoms. The standard InChI is InChI=1S/C25H22FN3O5S/c1-3-33-16-11-9-15(10-12-16)13-20(30)27-23-21-17(14-35-23)22(25(32)34-4-2)28-29(24(21)31)19-8-6-5-7-18(19)26/h5-12,14H,3-4,13H2,1-2H3,(H,27,30). The Morgan fingerprint density at radius 1 is 1.09 bits per heavy atom. The van der Waals surface area contributed by atoms with Crippen molar-refractivity contribution in [2.24, 2.45) is 0 Å². The van der Waals surface area contributed by atoms with Crippen LogP contribution in [0.5, 0.6) is 5.75 Å². The van der Waals surface area contributed by atoms with Crippen molar-refractivity contribution in [1.82, 2.24) is 9.78 Å². The van der Waals surface area contributed by atoms with Crippen LogP contribution in [0.3, 0.4) is 0 Å². The lowest BCUT2D eigenvalue weighted by Gasteiger charge is -2.10. The molecule has 0 aliphatic rings. The van der Waals surface area contributed by atoms with Crippen LogP contribution >= 0.6 is 11.3 Å². The van der Waals surface area contributed by atoms with Crippen molar-refractivity contribution in [3.63, 3.8) is 0 Å². The lowest BCUT2D eigenvalue weighted by Crippen LogP contribution is -2.26. The quantitative estimate of drug-likeness (QED) is 0.365. The molecule has 0 atom stereocenters. The fourth-order valence-corrected chi connectivity index (χ4v) is 4.46. The van der Waals surface area contributed by atoms with Gasteiger partial charge in [-0.25, -0.2) is 9.18 Å². The van der Waals surface area contributed by atoms with Gasteiger partial charge in [0, 0.05) is 10.8 Å². The Hall–Kier alpha value is -4.05. The first-order valence-electron chi connectivity index (χ1n) is 10.9. The number of benzene rings is 2. The number of nitrogens with one attached hydrogen (secondary N) is 1. The van der Waals surface area contributed by atoms with Crippen molar-refractivity contribution in [3.05, 3.63) is 81.3 Å². The molecule has 35 heavy (non-hydrogen) atoms. The van der Waals surface area contributed by atoms with Gasteiger partial charge in [0.2, 0.25) is 5.91 Å². The van der Waals surface area contributed by atoms with Crippen LogP contribution in [-0.4, -0.2) is 34.9 Å². The highest BCUT2D eigenvalue weighted by Crippen LogP contribution is 2.31. The molecule has 0 radical (unpaired) electrons. The van der Waals surface area contributed by atoms with Crippen molar-refractivity contribution in [1.29, 1.82) is 0 Å². The van der Waals surface area contributed by atoms with Crippen LogP contribution in [0.2, 0.25) is 0 Å². The predicted molar refractivity (Wildman–Crippen MR) is 131 cm³/mol. The average molecular weight is 496 g/mol. The monoisotopic (exact) mass is 495 g/mol. The number of aromatic nitrogens is 2. The molecule has 2 heterocycles. The molecule has 10 heteroatoms. The number of rotatable bonds is 8. The fourth-order valence-electron chi connectivity index (χ4n) is 3.51. The number of thiophene rings is 1. The van der Waals surface area contributed by atoms with Gasteiger partial charge in [-0.15, -0.1) is 11.3 Å². The summed E-state index contributed by atoms with van der Waals surface area (Å²) in [7, 11) is 0. The van der Waals surface area contributed by atoms with E-state index in [4.69, 9.17) is 9.47 Å². The van der Waals surface area contributed by atoms with Crippen molar-refractivity contribution in [3.8, 4) is 11.4 Å². The second kappa shape index (κ2) is 10.5. The Morgan fingerprint density at radius 3 is 2.51 bits per heavy atom. The number of ether oxygens (including phenoxy) is 2. The van der Waals surface area contributed by atoms with E-state index in [0.29, 0.717) is 12.4 Å². The molecule has 0 spiro atoms. The van der Waals surface area contributed by atoms with E-state index >= 15 is 0 Å². The second-order valence-corrected chi connectivity index (χ2v) is 8.27. The van der Waals surface area contributed by atoms with Crippen LogP contribution in [-0.2, 0) is 16.0 Å². The summed E-state index contributed by atoms with van der Waals surface area (Å²) >= 11 is 1.08. The van der Waals surface area contributed by atoms with Crippen molar-refractivity contribution in [2.45, 2.75) is 20.3 Å². The summed E-state index contributed by atoms with van der Waals surface area (Å²) in [6.45, 7) is 4.16. The highest BCUT2D eigenvalue weighted by atomic mass is 32.1. The molecule has 2 aromatic carbocycles. The van der Waals surface area contributed by atoms with Gasteiger partial charge in [0.1, 0.15) is 22.3 Å². The normalized spacial score (nSPS) is 10.8. The summed E-state index contributed by atoms with van der Waals surface area (Å²) in [6, 6.07) is 12.7. The van der Waals surface area contributed by atoms with Gasteiger partial charge < -0.3 is 14.8 Å². The first-order chi connectivity index (χ1) is 16.9. The first-order valence-corrected chi connectivity index (χ1v) is 11.8. The number of anilines is 1. The molecule has 4 aromatic rings. The zero-order valence-corrected chi connectivity index (χ0v) is 19.9. The van der Waals surface area contributed by atoms with E-state index in [-0.39, 0.29) is 46.1 Å². The van der Waals surface area contributed by atoms with Crippen molar-refractivity contribution in [2.75, 3.05) is 18.5 Å². The molecule has 0 saturated heterocycles. The first kappa shape index (κ1) is 24.1. The number of fused-ring (bicyclic) bond motifs is 1. The van der Waals surface area contributed by atoms with Gasteiger partial charge in [-0.3, -0.25) is 9.59 Å². The van der Waals surface area contributed by atoms with E-state index in [1.165, 1.54) is 18.2 Å². The molecule has 8 nitrogen and oxygen atoms in total. The largest absolute Gasteiger partial charge is 0.494 e. The average Bonchev–Trinajstić information content (AvgIpc) is 3.25. The summed E-state index contributed by atoms with van der Waals surface area (Å²) in [5.74, 6) is -1.10. The number of esters is 1. The van der Waals surface area contributed by atoms with Crippen LogP contribution in [0.15, 0.2) is 58.7 Å². The SMILES string of the molecule is CCOC(=O)c1nn(-c2ccccc2F)c(=O)c2c(NC(=O)Cc3ccc(OCC)cc3)scc12. The zero-order chi connectivity index (χ0) is 24.9. The third-order valence-corrected chi connectivity index (χ3v) is 5.95. The molecule has 1 N–H and O–H groups in total. The van der Waals surface area contributed by atoms with Gasteiger partial charge >= 0.3 is 5.97 Å². The molecule has 0 aliphatic heterocycles. The minimum absolute atomic E-state index is 0.0522. The molecule has 0 saturated carbocycles. The third-order valence-electron chi connectivity index (χ3n) is 5.05. The van der Waals surface area contributed by atoms with Crippen molar-refractivity contribution < 1.29 is 23.5 Å². The van der Waals surface area contributed by atoms with Gasteiger partial charge in [-0.1, -0.05) is 24.3 Å². The Kier molecular flexibility index (Phi) is 7.21. The maximum absolute atomic E-state index is 14.5. The smallest absolute Gasteiger partial charge is 0.359 e. The highest BCUT2D eigenvalue weighted by molar-refractivity contribution is 7.16. The molecular formula is C25H22FN3O5S. The summed E-state index contributed by atoms with van der Waals surface area (Å²) in [5.41, 5.74) is -0.184. The Labute approximate surface area is 203 Å². The number of nitrogens with zero attached hydrogens (tertiary/aromatic N) is 2. The lowest BCUT2D eigenvalue weighted by atomic mass is 10.1. The van der Waals surface area contributed by atoms with Crippen molar-refractivity contribution >= 4 is 39.0 Å². The van der Waals surface area contributed by atoms with E-state index < -0.39 is 17.3 Å². The molecule has 4 rings (SSSR count). The molecule has 2 aromatic heterocycles. The van der Waals surface area contributed by atoms with Crippen LogP contribution in [0, 0.1) is 5.82 Å². The number of amides is 1. The number of hydrogen-bond acceptors (Lipinski definition) is 7. The molecule has 0 fully saturated rings. The lowest BCUT2D eigenvalue weighted by molar-refractivity contribution is -0.115. The Morgan fingerprint density at radius 2 is 1.83 bits per heavy atom. The molecule has 180 valence electrons. The van der Waals surface area contributed by atoms with Gasteiger partial charge in [-0.05, 0) is 43.7 Å². The number of carbonyl (C=O) groups is 2. The predicted octanol–water partition coefficient (Wildman–Crippen LogP) is 4.34. The molecular weight excluding hydrogens is 473 g/mol. The van der Waals surface area contributed by atoms with Crippen LogP contribution < -0.4 is 15.6 Å². The number of para-hydroxylation sites is 1. The van der Waals surface area contributed by atoms with E-state index in [1.54, 1.807) is 42.6 Å². The topological polar surface area (TPSA) is 99.5 Å². The Bertz CT molecular complexity index is 1450. The number of halogens is 1. The summed E-state index contributed by atoms with van der Waals surface area (Å²) in [5, 5.41) is 8.91. The van der Waals surface area contributed by atoms with Crippen LogP contribution in [0.4, 0.5) is 9.39 Å². The van der Waals surface area contributed by atoms with E-state index in [2.05, 4.69) is 10.4 Å². The third kappa shape index (κ3) is 5.07. The summed E-state index contributed by atoms with van der Waals surface area (Å²) in [4.78, 5) is 38.7. The molecule has 1 amide bonds. The van der Waals surface area contributed by atoms with Gasteiger partial charge in [0.25, 0.3) is 5.56 Å². The summed E-state index contributed by atoms with van der Waals surface area (Å²) < 4.78 is 25.8. The molecule has 0 aliphatic carbocycles. The minimum Gasteiger partial charge on any atom is -0.494 e. The van der Waals surface area contributed by atoms with E-state index in [1.807, 2.05) is 6.92 Å². The van der Waals surface area contributed by atoms with Gasteiger partial charge in [0.05, 0.1) is 25.0 Å².